The summed E-state index contributed by atoms with van der Waals surface area (Å²) in [5.74, 6) is -0.353. The van der Waals surface area contributed by atoms with Gasteiger partial charge in [-0.1, -0.05) is 0 Å². The van der Waals surface area contributed by atoms with Crippen LogP contribution in [0.15, 0.2) is 15.8 Å². The van der Waals surface area contributed by atoms with Crippen molar-refractivity contribution in [3.8, 4) is 0 Å². The summed E-state index contributed by atoms with van der Waals surface area (Å²) in [6.07, 6.45) is 1.31. The molecule has 1 rings (SSSR count). The van der Waals surface area contributed by atoms with Crippen molar-refractivity contribution in [3.05, 3.63) is 32.6 Å². The van der Waals surface area contributed by atoms with Gasteiger partial charge in [0.1, 0.15) is 5.84 Å². The van der Waals surface area contributed by atoms with E-state index in [0.29, 0.717) is 0 Å². The van der Waals surface area contributed by atoms with Gasteiger partial charge in [0.2, 0.25) is 0 Å². The third-order valence-corrected chi connectivity index (χ3v) is 1.95. The lowest BCUT2D eigenvalue weighted by Gasteiger charge is -2.21. The standard InChI is InChI=1S/C9H14N4O2/c1-9(2,3)13-4-5(6(10)11)7(14)12-8(13)15/h4H,1-3H3,(H3,10,11)(H,12,14,15). The summed E-state index contributed by atoms with van der Waals surface area (Å²) in [4.78, 5) is 24.9. The first-order valence-corrected chi connectivity index (χ1v) is 4.44. The Bertz CT molecular complexity index is 504. The van der Waals surface area contributed by atoms with Crippen LogP contribution in [0.3, 0.4) is 0 Å². The Morgan fingerprint density at radius 3 is 2.40 bits per heavy atom. The highest BCUT2D eigenvalue weighted by Gasteiger charge is 2.17. The number of nitrogen functional groups attached to an aromatic ring is 1. The van der Waals surface area contributed by atoms with Gasteiger partial charge in [0.25, 0.3) is 5.56 Å². The molecule has 0 fully saturated rings. The molecule has 4 N–H and O–H groups in total. The molecule has 1 aromatic rings. The topological polar surface area (TPSA) is 105 Å². The number of rotatable bonds is 1. The normalized spacial score (nSPS) is 11.4. The van der Waals surface area contributed by atoms with Crippen LogP contribution in [0, 0.1) is 5.41 Å². The molecule has 0 aliphatic heterocycles. The van der Waals surface area contributed by atoms with Crippen molar-refractivity contribution < 1.29 is 0 Å². The Morgan fingerprint density at radius 2 is 2.00 bits per heavy atom. The summed E-state index contributed by atoms with van der Waals surface area (Å²) in [6.45, 7) is 5.45. The molecule has 1 aromatic heterocycles. The minimum atomic E-state index is -0.631. The van der Waals surface area contributed by atoms with E-state index in [4.69, 9.17) is 11.1 Å². The first-order chi connectivity index (χ1) is 6.73. The van der Waals surface area contributed by atoms with Crippen molar-refractivity contribution in [3.63, 3.8) is 0 Å². The number of nitrogens with zero attached hydrogens (tertiary/aromatic N) is 1. The van der Waals surface area contributed by atoms with Gasteiger partial charge in [-0.15, -0.1) is 0 Å². The van der Waals surface area contributed by atoms with E-state index < -0.39 is 16.8 Å². The fourth-order valence-electron chi connectivity index (χ4n) is 1.16. The fraction of sp³-hybridized carbons (Fsp3) is 0.444. The van der Waals surface area contributed by atoms with Crippen LogP contribution in [-0.4, -0.2) is 15.4 Å². The molecule has 0 radical (unpaired) electrons. The van der Waals surface area contributed by atoms with E-state index in [1.54, 1.807) is 0 Å². The van der Waals surface area contributed by atoms with Crippen LogP contribution in [-0.2, 0) is 5.54 Å². The molecule has 0 atom stereocenters. The van der Waals surface area contributed by atoms with Gasteiger partial charge in [0.15, 0.2) is 0 Å². The molecular formula is C9H14N4O2. The minimum Gasteiger partial charge on any atom is -0.383 e. The largest absolute Gasteiger partial charge is 0.383 e. The predicted octanol–water partition coefficient (Wildman–Crippen LogP) is -0.424. The summed E-state index contributed by atoms with van der Waals surface area (Å²) < 4.78 is 1.34. The molecule has 0 aromatic carbocycles. The van der Waals surface area contributed by atoms with Crippen LogP contribution >= 0.6 is 0 Å². The molecule has 0 amide bonds. The molecule has 0 spiro atoms. The van der Waals surface area contributed by atoms with Gasteiger partial charge in [-0.3, -0.25) is 19.8 Å². The molecule has 0 aliphatic carbocycles. The lowest BCUT2D eigenvalue weighted by molar-refractivity contribution is 0.376. The lowest BCUT2D eigenvalue weighted by atomic mass is 10.1. The van der Waals surface area contributed by atoms with E-state index >= 15 is 0 Å². The highest BCUT2D eigenvalue weighted by Crippen LogP contribution is 2.09. The van der Waals surface area contributed by atoms with Gasteiger partial charge < -0.3 is 5.73 Å². The van der Waals surface area contributed by atoms with E-state index in [9.17, 15) is 9.59 Å². The average Bonchev–Trinajstić information content (AvgIpc) is 2.00. The fourth-order valence-corrected chi connectivity index (χ4v) is 1.16. The summed E-state index contributed by atoms with van der Waals surface area (Å²) in [5.41, 5.74) is 3.63. The van der Waals surface area contributed by atoms with E-state index in [-0.39, 0.29) is 11.4 Å². The van der Waals surface area contributed by atoms with Crippen LogP contribution in [0.25, 0.3) is 0 Å². The molecule has 82 valence electrons. The Kier molecular flexibility index (Phi) is 2.53. The highest BCUT2D eigenvalue weighted by molar-refractivity contribution is 5.94. The van der Waals surface area contributed by atoms with Gasteiger partial charge in [-0.25, -0.2) is 4.79 Å². The molecular weight excluding hydrogens is 196 g/mol. The molecule has 6 nitrogen and oxygen atoms in total. The number of aromatic amines is 1. The smallest absolute Gasteiger partial charge is 0.328 e. The van der Waals surface area contributed by atoms with Gasteiger partial charge >= 0.3 is 5.69 Å². The molecule has 1 heterocycles. The summed E-state index contributed by atoms with van der Waals surface area (Å²) in [7, 11) is 0. The first kappa shape index (κ1) is 11.2. The maximum absolute atomic E-state index is 11.5. The van der Waals surface area contributed by atoms with E-state index in [1.807, 2.05) is 20.8 Å². The van der Waals surface area contributed by atoms with Crippen LogP contribution in [0.2, 0.25) is 0 Å². The maximum atomic E-state index is 11.5. The summed E-state index contributed by atoms with van der Waals surface area (Å²) in [5, 5.41) is 7.19. The monoisotopic (exact) mass is 210 g/mol. The second kappa shape index (κ2) is 3.38. The highest BCUT2D eigenvalue weighted by atomic mass is 16.2. The van der Waals surface area contributed by atoms with Crippen molar-refractivity contribution >= 4 is 5.84 Å². The summed E-state index contributed by atoms with van der Waals surface area (Å²) >= 11 is 0. The predicted molar refractivity (Wildman–Crippen MR) is 57.3 cm³/mol. The lowest BCUT2D eigenvalue weighted by Crippen LogP contribution is -2.41. The van der Waals surface area contributed by atoms with Crippen molar-refractivity contribution in [2.24, 2.45) is 5.73 Å². The molecule has 0 bridgehead atoms. The van der Waals surface area contributed by atoms with Crippen molar-refractivity contribution in [2.45, 2.75) is 26.3 Å². The van der Waals surface area contributed by atoms with Crippen molar-refractivity contribution in [1.29, 1.82) is 5.41 Å². The van der Waals surface area contributed by atoms with Crippen LogP contribution in [0.1, 0.15) is 26.3 Å². The van der Waals surface area contributed by atoms with Gasteiger partial charge in [-0.2, -0.15) is 0 Å². The maximum Gasteiger partial charge on any atom is 0.328 e. The van der Waals surface area contributed by atoms with Crippen LogP contribution < -0.4 is 17.0 Å². The number of hydrogen-bond acceptors (Lipinski definition) is 3. The number of aromatic nitrogens is 2. The van der Waals surface area contributed by atoms with Crippen LogP contribution in [0.4, 0.5) is 0 Å². The van der Waals surface area contributed by atoms with Gasteiger partial charge in [0, 0.05) is 11.7 Å². The number of amidine groups is 1. The van der Waals surface area contributed by atoms with Crippen molar-refractivity contribution in [1.82, 2.24) is 9.55 Å². The third kappa shape index (κ3) is 2.15. The minimum absolute atomic E-state index is 0.00419. The van der Waals surface area contributed by atoms with E-state index in [1.165, 1.54) is 10.8 Å². The zero-order chi connectivity index (χ0) is 11.8. The molecule has 15 heavy (non-hydrogen) atoms. The number of nitrogens with two attached hydrogens (primary N) is 1. The van der Waals surface area contributed by atoms with Gasteiger partial charge in [-0.05, 0) is 20.8 Å². The van der Waals surface area contributed by atoms with Crippen molar-refractivity contribution in [2.75, 3.05) is 0 Å². The summed E-state index contributed by atoms with van der Waals surface area (Å²) in [6, 6.07) is 0. The quantitative estimate of drug-likeness (QED) is 0.433. The average molecular weight is 210 g/mol. The zero-order valence-corrected chi connectivity index (χ0v) is 8.92. The third-order valence-electron chi connectivity index (χ3n) is 1.95. The van der Waals surface area contributed by atoms with Crippen LogP contribution in [0.5, 0.6) is 0 Å². The Hall–Kier alpha value is -1.85. The number of hydrogen-bond donors (Lipinski definition) is 3. The van der Waals surface area contributed by atoms with E-state index in [2.05, 4.69) is 4.98 Å². The first-order valence-electron chi connectivity index (χ1n) is 4.44. The molecule has 6 heteroatoms. The zero-order valence-electron chi connectivity index (χ0n) is 8.92. The second-order valence-electron chi connectivity index (χ2n) is 4.26. The Balaban J connectivity index is 3.58. The van der Waals surface area contributed by atoms with Gasteiger partial charge in [0.05, 0.1) is 5.56 Å². The molecule has 0 unspecified atom stereocenters. The molecule has 0 aliphatic rings. The number of nitrogens with one attached hydrogen (secondary N) is 2. The second-order valence-corrected chi connectivity index (χ2v) is 4.26. The SMILES string of the molecule is CC(C)(C)n1cc(C(=N)N)c(=O)[nH]c1=O. The van der Waals surface area contributed by atoms with E-state index in [0.717, 1.165) is 0 Å². The molecule has 0 saturated heterocycles. The molecule has 0 saturated carbocycles. The Labute approximate surface area is 86.3 Å². The Morgan fingerprint density at radius 1 is 1.47 bits per heavy atom. The number of H-pyrrole nitrogens is 1.